The highest BCUT2D eigenvalue weighted by Crippen LogP contribution is 2.30. The number of hydrogen-bond acceptors (Lipinski definition) is 3. The summed E-state index contributed by atoms with van der Waals surface area (Å²) in [5, 5.41) is 3.95. The van der Waals surface area contributed by atoms with Crippen molar-refractivity contribution in [2.45, 2.75) is 12.5 Å². The molecular formula is C13H14ClFN2O2. The molecule has 0 spiro atoms. The maximum Gasteiger partial charge on any atom is 0.329 e. The number of fused-ring (bicyclic) bond motifs is 3. The van der Waals surface area contributed by atoms with Crippen LogP contribution in [0.3, 0.4) is 0 Å². The van der Waals surface area contributed by atoms with E-state index >= 15 is 0 Å². The summed E-state index contributed by atoms with van der Waals surface area (Å²) < 4.78 is 18.1. The summed E-state index contributed by atoms with van der Waals surface area (Å²) in [6, 6.07) is 4.11. The molecule has 0 saturated heterocycles. The molecule has 102 valence electrons. The molecule has 1 aromatic heterocycles. The zero-order chi connectivity index (χ0) is 12.7. The van der Waals surface area contributed by atoms with Gasteiger partial charge in [-0.25, -0.2) is 9.18 Å². The highest BCUT2D eigenvalue weighted by atomic mass is 35.5. The molecule has 6 heteroatoms. The van der Waals surface area contributed by atoms with E-state index in [-0.39, 0.29) is 24.2 Å². The van der Waals surface area contributed by atoms with Crippen molar-refractivity contribution >= 4 is 29.3 Å². The highest BCUT2D eigenvalue weighted by Gasteiger charge is 2.29. The molecule has 0 bridgehead atoms. The summed E-state index contributed by atoms with van der Waals surface area (Å²) in [4.78, 5) is 14.9. The molecule has 0 fully saturated rings. The number of carbonyl (C=O) groups excluding carboxylic acids is 1. The first-order chi connectivity index (χ1) is 8.70. The number of halogens is 2. The molecule has 0 aliphatic carbocycles. The maximum atomic E-state index is 13.3. The lowest BCUT2D eigenvalue weighted by Crippen LogP contribution is -2.35. The van der Waals surface area contributed by atoms with E-state index in [0.29, 0.717) is 6.54 Å². The second-order valence-electron chi connectivity index (χ2n) is 4.37. The Kier molecular flexibility index (Phi) is 3.78. The summed E-state index contributed by atoms with van der Waals surface area (Å²) in [5.41, 5.74) is 2.63. The van der Waals surface area contributed by atoms with Gasteiger partial charge in [0.05, 0.1) is 7.11 Å². The Balaban J connectivity index is 0.00000133. The van der Waals surface area contributed by atoms with E-state index in [9.17, 15) is 9.18 Å². The first-order valence-electron chi connectivity index (χ1n) is 5.82. The molecule has 19 heavy (non-hydrogen) atoms. The monoisotopic (exact) mass is 284 g/mol. The van der Waals surface area contributed by atoms with Crippen LogP contribution < -0.4 is 5.32 Å². The third-order valence-electron chi connectivity index (χ3n) is 3.35. The van der Waals surface area contributed by atoms with Crippen LogP contribution in [0.1, 0.15) is 17.3 Å². The van der Waals surface area contributed by atoms with Gasteiger partial charge in [0.2, 0.25) is 0 Å². The Hall–Kier alpha value is -1.59. The third kappa shape index (κ3) is 2.19. The molecule has 1 aliphatic heterocycles. The van der Waals surface area contributed by atoms with Crippen LogP contribution in [0.5, 0.6) is 0 Å². The Morgan fingerprint density at radius 3 is 3.00 bits per heavy atom. The molecule has 2 aromatic rings. The number of ether oxygens (including phenoxy) is 1. The fraction of sp³-hybridized carbons (Fsp3) is 0.308. The van der Waals surface area contributed by atoms with Crippen LogP contribution in [-0.4, -0.2) is 24.6 Å². The van der Waals surface area contributed by atoms with Gasteiger partial charge in [-0.3, -0.25) is 5.32 Å². The molecule has 2 heterocycles. The quantitative estimate of drug-likeness (QED) is 0.789. The minimum absolute atomic E-state index is 0. The van der Waals surface area contributed by atoms with Crippen molar-refractivity contribution in [3.05, 3.63) is 35.3 Å². The largest absolute Gasteiger partial charge is 0.468 e. The lowest BCUT2D eigenvalue weighted by atomic mass is 9.99. The number of methoxy groups -OCH3 is 1. The normalized spacial score (nSPS) is 17.7. The summed E-state index contributed by atoms with van der Waals surface area (Å²) in [7, 11) is 1.36. The van der Waals surface area contributed by atoms with Gasteiger partial charge < -0.3 is 9.72 Å². The van der Waals surface area contributed by atoms with Crippen molar-refractivity contribution in [2.24, 2.45) is 0 Å². The van der Waals surface area contributed by atoms with E-state index in [4.69, 9.17) is 4.74 Å². The van der Waals surface area contributed by atoms with Gasteiger partial charge in [-0.05, 0) is 30.2 Å². The van der Waals surface area contributed by atoms with Crippen LogP contribution in [0.15, 0.2) is 18.2 Å². The van der Waals surface area contributed by atoms with Crippen LogP contribution in [0.4, 0.5) is 4.39 Å². The summed E-state index contributed by atoms with van der Waals surface area (Å²) in [6.45, 7) is 0.677. The molecule has 0 radical (unpaired) electrons. The second-order valence-corrected chi connectivity index (χ2v) is 4.37. The number of esters is 1. The number of nitrogens with one attached hydrogen (secondary N) is 2. The average Bonchev–Trinajstić information content (AvgIpc) is 2.75. The van der Waals surface area contributed by atoms with Gasteiger partial charge >= 0.3 is 5.97 Å². The predicted octanol–water partition coefficient (Wildman–Crippen LogP) is 2.09. The van der Waals surface area contributed by atoms with Gasteiger partial charge in [-0.15, -0.1) is 12.4 Å². The van der Waals surface area contributed by atoms with E-state index in [2.05, 4.69) is 10.3 Å². The van der Waals surface area contributed by atoms with Gasteiger partial charge in [-0.1, -0.05) is 0 Å². The number of aromatic nitrogens is 1. The van der Waals surface area contributed by atoms with E-state index in [1.165, 1.54) is 19.2 Å². The fourth-order valence-electron chi connectivity index (χ4n) is 2.52. The van der Waals surface area contributed by atoms with Crippen LogP contribution in [0, 0.1) is 5.82 Å². The van der Waals surface area contributed by atoms with Crippen LogP contribution in [0.2, 0.25) is 0 Å². The van der Waals surface area contributed by atoms with E-state index in [0.717, 1.165) is 28.6 Å². The number of carbonyl (C=O) groups is 1. The van der Waals surface area contributed by atoms with Crippen molar-refractivity contribution < 1.29 is 13.9 Å². The molecule has 1 aromatic carbocycles. The average molecular weight is 285 g/mol. The molecule has 0 saturated carbocycles. The predicted molar refractivity (Wildman–Crippen MR) is 72.0 cm³/mol. The number of aromatic amines is 1. The zero-order valence-corrected chi connectivity index (χ0v) is 11.1. The molecule has 3 rings (SSSR count). The van der Waals surface area contributed by atoms with Crippen molar-refractivity contribution in [2.75, 3.05) is 13.7 Å². The van der Waals surface area contributed by atoms with E-state index < -0.39 is 6.04 Å². The smallest absolute Gasteiger partial charge is 0.329 e. The highest BCUT2D eigenvalue weighted by molar-refractivity contribution is 5.88. The minimum Gasteiger partial charge on any atom is -0.468 e. The first-order valence-corrected chi connectivity index (χ1v) is 5.82. The second kappa shape index (κ2) is 5.19. The van der Waals surface area contributed by atoms with E-state index in [1.54, 1.807) is 6.07 Å². The third-order valence-corrected chi connectivity index (χ3v) is 3.35. The number of rotatable bonds is 1. The molecule has 0 amide bonds. The molecular weight excluding hydrogens is 271 g/mol. The Bertz CT molecular complexity index is 626. The Morgan fingerprint density at radius 2 is 2.26 bits per heavy atom. The molecule has 1 atom stereocenters. The number of hydrogen-bond donors (Lipinski definition) is 2. The van der Waals surface area contributed by atoms with Gasteiger partial charge in [0.25, 0.3) is 0 Å². The zero-order valence-electron chi connectivity index (χ0n) is 10.3. The molecule has 1 unspecified atom stereocenters. The minimum atomic E-state index is -0.491. The van der Waals surface area contributed by atoms with Gasteiger partial charge in [0.1, 0.15) is 11.9 Å². The van der Waals surface area contributed by atoms with Crippen molar-refractivity contribution in [1.29, 1.82) is 0 Å². The van der Waals surface area contributed by atoms with Gasteiger partial charge in [-0.2, -0.15) is 0 Å². The van der Waals surface area contributed by atoms with Crippen LogP contribution in [-0.2, 0) is 16.0 Å². The summed E-state index contributed by atoms with van der Waals surface area (Å²) in [5.74, 6) is -0.597. The summed E-state index contributed by atoms with van der Waals surface area (Å²) in [6.07, 6.45) is 0.770. The van der Waals surface area contributed by atoms with Crippen LogP contribution >= 0.6 is 12.4 Å². The number of H-pyrrole nitrogens is 1. The summed E-state index contributed by atoms with van der Waals surface area (Å²) >= 11 is 0. The molecule has 2 N–H and O–H groups in total. The molecule has 4 nitrogen and oxygen atoms in total. The van der Waals surface area contributed by atoms with Crippen molar-refractivity contribution in [3.63, 3.8) is 0 Å². The topological polar surface area (TPSA) is 54.1 Å². The Labute approximate surface area is 115 Å². The van der Waals surface area contributed by atoms with Crippen molar-refractivity contribution in [1.82, 2.24) is 10.3 Å². The lowest BCUT2D eigenvalue weighted by molar-refractivity contribution is -0.143. The number of benzene rings is 1. The molecule has 1 aliphatic rings. The first kappa shape index (κ1) is 13.8. The van der Waals surface area contributed by atoms with Gasteiger partial charge in [0, 0.05) is 23.1 Å². The van der Waals surface area contributed by atoms with Crippen LogP contribution in [0.25, 0.3) is 10.9 Å². The van der Waals surface area contributed by atoms with E-state index in [1.807, 2.05) is 0 Å². The van der Waals surface area contributed by atoms with Crippen molar-refractivity contribution in [3.8, 4) is 0 Å². The van der Waals surface area contributed by atoms with Gasteiger partial charge in [0.15, 0.2) is 0 Å². The fourth-order valence-corrected chi connectivity index (χ4v) is 2.52. The lowest BCUT2D eigenvalue weighted by Gasteiger charge is -2.21. The SMILES string of the molecule is COC(=O)C1NCCc2c1[nH]c1ccc(F)cc21.Cl. The Morgan fingerprint density at radius 1 is 1.47 bits per heavy atom. The maximum absolute atomic E-state index is 13.3. The standard InChI is InChI=1S/C13H13FN2O2.ClH/c1-18-13(17)12-11-8(4-5-15-12)9-6-7(14)2-3-10(9)16-11;/h2-3,6,12,15-16H,4-5H2,1H3;1H.